The average Bonchev–Trinajstić information content (AvgIpc) is 3.78. The van der Waals surface area contributed by atoms with Crippen LogP contribution >= 0.6 is 0 Å². The molecule has 8 nitrogen and oxygen atoms in total. The molecule has 9 heteroatoms. The number of hydroxylamine groups is 1. The van der Waals surface area contributed by atoms with E-state index in [-0.39, 0.29) is 17.7 Å². The Labute approximate surface area is 224 Å². The molecule has 202 valence electrons. The molecular formula is C29H35N3O5S. The second-order valence-corrected chi connectivity index (χ2v) is 12.5. The fourth-order valence-corrected chi connectivity index (χ4v) is 6.96. The van der Waals surface area contributed by atoms with Crippen LogP contribution in [0, 0.1) is 25.2 Å². The number of piperidine rings is 1. The van der Waals surface area contributed by atoms with Crippen molar-refractivity contribution in [1.29, 1.82) is 5.26 Å². The lowest BCUT2D eigenvalue weighted by atomic mass is 9.94. The summed E-state index contributed by atoms with van der Waals surface area (Å²) in [5, 5.41) is 18.9. The molecule has 0 spiro atoms. The first kappa shape index (κ1) is 27.8. The van der Waals surface area contributed by atoms with E-state index < -0.39 is 20.5 Å². The topological polar surface area (TPSA) is 120 Å². The van der Waals surface area contributed by atoms with E-state index in [4.69, 9.17) is 4.74 Å². The molecule has 1 saturated carbocycles. The molecule has 0 aromatic heterocycles. The molecule has 1 heterocycles. The lowest BCUT2D eigenvalue weighted by Crippen LogP contribution is -2.58. The Hall–Kier alpha value is -3.19. The highest BCUT2D eigenvalue weighted by Crippen LogP contribution is 2.39. The molecule has 0 unspecified atom stereocenters. The number of benzene rings is 2. The maximum absolute atomic E-state index is 13.6. The Morgan fingerprint density at radius 1 is 1.16 bits per heavy atom. The monoisotopic (exact) mass is 537 g/mol. The summed E-state index contributed by atoms with van der Waals surface area (Å²) in [7, 11) is -4.05. The number of nitrogens with one attached hydrogen (secondary N) is 1. The van der Waals surface area contributed by atoms with Gasteiger partial charge >= 0.3 is 0 Å². The lowest BCUT2D eigenvalue weighted by molar-refractivity contribution is -0.133. The van der Waals surface area contributed by atoms with E-state index in [1.807, 2.05) is 38.1 Å². The molecule has 2 aliphatic rings. The highest BCUT2D eigenvalue weighted by molar-refractivity contribution is 7.93. The number of nitriles is 1. The van der Waals surface area contributed by atoms with Crippen LogP contribution in [0.2, 0.25) is 0 Å². The summed E-state index contributed by atoms with van der Waals surface area (Å²) in [5.74, 6) is -0.356. The first-order valence-electron chi connectivity index (χ1n) is 13.1. The number of ether oxygens (including phenoxy) is 1. The summed E-state index contributed by atoms with van der Waals surface area (Å²) < 4.78 is 31.3. The molecule has 2 aromatic carbocycles. The van der Waals surface area contributed by atoms with Crippen molar-refractivity contribution in [3.63, 3.8) is 0 Å². The van der Waals surface area contributed by atoms with Gasteiger partial charge in [0, 0.05) is 19.1 Å². The summed E-state index contributed by atoms with van der Waals surface area (Å²) in [5.41, 5.74) is 5.46. The number of amides is 1. The Kier molecular flexibility index (Phi) is 8.56. The van der Waals surface area contributed by atoms with Gasteiger partial charge in [0.25, 0.3) is 5.91 Å². The van der Waals surface area contributed by atoms with Gasteiger partial charge < -0.3 is 9.64 Å². The zero-order valence-corrected chi connectivity index (χ0v) is 22.8. The van der Waals surface area contributed by atoms with Gasteiger partial charge in [0.15, 0.2) is 14.6 Å². The number of sulfone groups is 1. The molecule has 0 bridgehead atoms. The molecule has 38 heavy (non-hydrogen) atoms. The average molecular weight is 538 g/mol. The minimum atomic E-state index is -4.05. The van der Waals surface area contributed by atoms with Gasteiger partial charge in [0.2, 0.25) is 0 Å². The molecule has 1 saturated heterocycles. The summed E-state index contributed by atoms with van der Waals surface area (Å²) >= 11 is 0. The van der Waals surface area contributed by atoms with Crippen molar-refractivity contribution in [2.45, 2.75) is 68.1 Å². The van der Waals surface area contributed by atoms with Crippen LogP contribution in [0.15, 0.2) is 53.4 Å². The Bertz CT molecular complexity index is 1330. The smallest absolute Gasteiger partial charge is 0.265 e. The second kappa shape index (κ2) is 11.7. The van der Waals surface area contributed by atoms with E-state index >= 15 is 0 Å². The quantitative estimate of drug-likeness (QED) is 0.200. The Morgan fingerprint density at radius 3 is 2.42 bits per heavy atom. The summed E-state index contributed by atoms with van der Waals surface area (Å²) in [6.45, 7) is 5.48. The van der Waals surface area contributed by atoms with E-state index in [2.05, 4.69) is 11.0 Å². The van der Waals surface area contributed by atoms with Gasteiger partial charge in [-0.05, 0) is 93.3 Å². The maximum atomic E-state index is 13.6. The third-order valence-electron chi connectivity index (χ3n) is 7.74. The molecule has 1 aliphatic carbocycles. The van der Waals surface area contributed by atoms with E-state index in [1.54, 1.807) is 17.6 Å². The van der Waals surface area contributed by atoms with Gasteiger partial charge in [-0.15, -0.1) is 0 Å². The zero-order chi connectivity index (χ0) is 27.3. The number of unbranched alkanes of at least 4 members (excludes halogenated alkanes) is 1. The Morgan fingerprint density at radius 2 is 1.84 bits per heavy atom. The predicted molar refractivity (Wildman–Crippen MR) is 144 cm³/mol. The van der Waals surface area contributed by atoms with E-state index in [0.29, 0.717) is 49.9 Å². The SMILES string of the molecule is Cc1ccc(/C(C#N)=C/CCCOc2ccc(S(=O)(=O)C3(C(=O)NO)CCN(C4CC4)CC3)cc2)cc1C. The van der Waals surface area contributed by atoms with Gasteiger partial charge in [-0.1, -0.05) is 24.3 Å². The van der Waals surface area contributed by atoms with Crippen LogP contribution < -0.4 is 10.2 Å². The molecule has 0 radical (unpaired) electrons. The first-order chi connectivity index (χ1) is 18.2. The lowest BCUT2D eigenvalue weighted by Gasteiger charge is -2.39. The number of likely N-dealkylation sites (tertiary alicyclic amines) is 1. The van der Waals surface area contributed by atoms with Crippen molar-refractivity contribution in [1.82, 2.24) is 10.4 Å². The van der Waals surface area contributed by atoms with Crippen molar-refractivity contribution in [3.8, 4) is 11.8 Å². The number of carbonyl (C=O) groups excluding carboxylic acids is 1. The highest BCUT2D eigenvalue weighted by atomic mass is 32.2. The van der Waals surface area contributed by atoms with Crippen LogP contribution in [0.3, 0.4) is 0 Å². The molecule has 2 N–H and O–H groups in total. The number of rotatable bonds is 10. The van der Waals surface area contributed by atoms with Gasteiger partial charge in [0.1, 0.15) is 5.75 Å². The van der Waals surface area contributed by atoms with Crippen LogP contribution in [0.25, 0.3) is 5.57 Å². The van der Waals surface area contributed by atoms with E-state index in [1.165, 1.54) is 17.7 Å². The minimum absolute atomic E-state index is 0.0308. The molecular weight excluding hydrogens is 502 g/mol. The van der Waals surface area contributed by atoms with Crippen molar-refractivity contribution >= 4 is 21.3 Å². The van der Waals surface area contributed by atoms with Crippen molar-refractivity contribution in [3.05, 3.63) is 65.2 Å². The number of hydrogen-bond acceptors (Lipinski definition) is 7. The third-order valence-corrected chi connectivity index (χ3v) is 10.3. The number of hydrogen-bond donors (Lipinski definition) is 2. The van der Waals surface area contributed by atoms with Gasteiger partial charge in [0.05, 0.1) is 23.1 Å². The summed E-state index contributed by atoms with van der Waals surface area (Å²) in [6.07, 6.45) is 5.74. The highest BCUT2D eigenvalue weighted by Gasteiger charge is 2.53. The maximum Gasteiger partial charge on any atom is 0.265 e. The number of nitrogens with zero attached hydrogens (tertiary/aromatic N) is 2. The van der Waals surface area contributed by atoms with Gasteiger partial charge in [-0.2, -0.15) is 5.26 Å². The van der Waals surface area contributed by atoms with Crippen molar-refractivity contribution < 1.29 is 23.2 Å². The molecule has 0 atom stereocenters. The molecule has 2 aromatic rings. The van der Waals surface area contributed by atoms with E-state index in [9.17, 15) is 23.7 Å². The predicted octanol–water partition coefficient (Wildman–Crippen LogP) is 4.35. The van der Waals surface area contributed by atoms with Crippen LogP contribution in [-0.4, -0.2) is 54.9 Å². The summed E-state index contributed by atoms with van der Waals surface area (Å²) in [4.78, 5) is 14.9. The van der Waals surface area contributed by atoms with Crippen molar-refractivity contribution in [2.24, 2.45) is 0 Å². The summed E-state index contributed by atoms with van der Waals surface area (Å²) in [6, 6.07) is 14.8. The largest absolute Gasteiger partial charge is 0.494 e. The number of carbonyl (C=O) groups is 1. The first-order valence-corrected chi connectivity index (χ1v) is 14.5. The molecule has 4 rings (SSSR count). The van der Waals surface area contributed by atoms with Gasteiger partial charge in [-0.25, -0.2) is 13.9 Å². The normalized spacial score (nSPS) is 18.0. The second-order valence-electron chi connectivity index (χ2n) is 10.2. The molecule has 1 amide bonds. The van der Waals surface area contributed by atoms with Gasteiger partial charge in [-0.3, -0.25) is 10.0 Å². The van der Waals surface area contributed by atoms with E-state index in [0.717, 1.165) is 24.0 Å². The van der Waals surface area contributed by atoms with Crippen LogP contribution in [-0.2, 0) is 14.6 Å². The van der Waals surface area contributed by atoms with Crippen LogP contribution in [0.4, 0.5) is 0 Å². The fraction of sp³-hybridized carbons (Fsp3) is 0.448. The minimum Gasteiger partial charge on any atom is -0.494 e. The van der Waals surface area contributed by atoms with Crippen molar-refractivity contribution in [2.75, 3.05) is 19.7 Å². The van der Waals surface area contributed by atoms with Crippen LogP contribution in [0.1, 0.15) is 55.2 Å². The third kappa shape index (κ3) is 5.78. The Balaban J connectivity index is 1.35. The van der Waals surface area contributed by atoms with Crippen LogP contribution in [0.5, 0.6) is 5.75 Å². The fourth-order valence-electron chi connectivity index (χ4n) is 5.01. The molecule has 1 aliphatic heterocycles. The number of allylic oxidation sites excluding steroid dienone is 2. The zero-order valence-electron chi connectivity index (χ0n) is 21.9. The standard InChI is InChI=1S/C29H35N3O5S/c1-21-6-7-23(19-22(21)2)24(20-30)5-3-4-18-37-26-10-12-27(13-11-26)38(35,36)29(28(33)31-34)14-16-32(17-15-29)25-8-9-25/h5-7,10-13,19,25,34H,3-4,8-9,14-18H2,1-2H3,(H,31,33)/b24-5+. The number of aryl methyl sites for hydroxylation is 2. The molecule has 2 fully saturated rings.